The zero-order valence-corrected chi connectivity index (χ0v) is 10.9. The van der Waals surface area contributed by atoms with E-state index in [2.05, 4.69) is 14.9 Å². The number of ether oxygens (including phenoxy) is 1. The molecule has 0 saturated carbocycles. The molecule has 1 aromatic heterocycles. The molecule has 2 heterocycles. The number of nitrogens with one attached hydrogen (secondary N) is 2. The Hall–Kier alpha value is -0.960. The number of sulfonamides is 1. The highest BCUT2D eigenvalue weighted by Gasteiger charge is 2.29. The van der Waals surface area contributed by atoms with Gasteiger partial charge in [-0.3, -0.25) is 5.10 Å². The van der Waals surface area contributed by atoms with Gasteiger partial charge in [0.05, 0.1) is 19.4 Å². The van der Waals surface area contributed by atoms with E-state index < -0.39 is 10.0 Å². The summed E-state index contributed by atoms with van der Waals surface area (Å²) in [6, 6.07) is -0.154. The van der Waals surface area contributed by atoms with Gasteiger partial charge in [-0.05, 0) is 12.3 Å². The molecule has 0 spiro atoms. The predicted molar refractivity (Wildman–Crippen MR) is 63.2 cm³/mol. The van der Waals surface area contributed by atoms with Gasteiger partial charge in [-0.1, -0.05) is 6.92 Å². The third kappa shape index (κ3) is 2.72. The summed E-state index contributed by atoms with van der Waals surface area (Å²) in [5.41, 5.74) is 0.266. The molecule has 0 aliphatic carbocycles. The summed E-state index contributed by atoms with van der Waals surface area (Å²) >= 11 is 0. The molecule has 8 heteroatoms. The van der Waals surface area contributed by atoms with Crippen molar-refractivity contribution >= 4 is 10.0 Å². The maximum Gasteiger partial charge on any atom is 0.258 e. The van der Waals surface area contributed by atoms with E-state index in [4.69, 9.17) is 9.84 Å². The number of aromatic nitrogens is 2. The summed E-state index contributed by atoms with van der Waals surface area (Å²) < 4.78 is 32.2. The first-order chi connectivity index (χ1) is 8.54. The Kier molecular flexibility index (Phi) is 4.00. The van der Waals surface area contributed by atoms with E-state index in [1.165, 1.54) is 6.20 Å². The third-order valence-corrected chi connectivity index (χ3v) is 4.57. The smallest absolute Gasteiger partial charge is 0.258 e. The number of aromatic amines is 1. The van der Waals surface area contributed by atoms with Crippen LogP contribution in [0.1, 0.15) is 18.9 Å². The van der Waals surface area contributed by atoms with Crippen LogP contribution in [0.5, 0.6) is 0 Å². The third-order valence-electron chi connectivity index (χ3n) is 3.06. The minimum atomic E-state index is -3.68. The van der Waals surface area contributed by atoms with Crippen LogP contribution in [0.25, 0.3) is 0 Å². The van der Waals surface area contributed by atoms with E-state index in [-0.39, 0.29) is 29.2 Å². The molecule has 0 amide bonds. The number of nitrogens with zero attached hydrogens (tertiary/aromatic N) is 1. The Morgan fingerprint density at radius 1 is 1.67 bits per heavy atom. The van der Waals surface area contributed by atoms with Crippen LogP contribution in [-0.2, 0) is 21.4 Å². The van der Waals surface area contributed by atoms with Crippen LogP contribution in [0.3, 0.4) is 0 Å². The largest absolute Gasteiger partial charge is 0.392 e. The Morgan fingerprint density at radius 2 is 2.44 bits per heavy atom. The first-order valence-corrected chi connectivity index (χ1v) is 7.26. The van der Waals surface area contributed by atoms with E-state index in [9.17, 15) is 8.42 Å². The lowest BCUT2D eigenvalue weighted by molar-refractivity contribution is 0.0450. The molecule has 1 aromatic rings. The van der Waals surface area contributed by atoms with Gasteiger partial charge in [0.1, 0.15) is 0 Å². The van der Waals surface area contributed by atoms with Crippen LogP contribution < -0.4 is 4.72 Å². The van der Waals surface area contributed by atoms with Gasteiger partial charge in [-0.25, -0.2) is 13.1 Å². The zero-order chi connectivity index (χ0) is 13.2. The zero-order valence-electron chi connectivity index (χ0n) is 10.1. The van der Waals surface area contributed by atoms with Crippen molar-refractivity contribution in [2.24, 2.45) is 5.92 Å². The highest BCUT2D eigenvalue weighted by Crippen LogP contribution is 2.18. The Labute approximate surface area is 106 Å². The van der Waals surface area contributed by atoms with Crippen molar-refractivity contribution in [1.29, 1.82) is 0 Å². The summed E-state index contributed by atoms with van der Waals surface area (Å²) in [5, 5.41) is 15.0. The van der Waals surface area contributed by atoms with E-state index in [0.717, 1.165) is 0 Å². The van der Waals surface area contributed by atoms with Gasteiger partial charge in [-0.2, -0.15) is 5.10 Å². The van der Waals surface area contributed by atoms with E-state index in [0.29, 0.717) is 19.6 Å². The monoisotopic (exact) mass is 275 g/mol. The average Bonchev–Trinajstić information content (AvgIpc) is 2.81. The molecular formula is C10H17N3O4S. The van der Waals surface area contributed by atoms with Crippen molar-refractivity contribution in [3.63, 3.8) is 0 Å². The first kappa shape index (κ1) is 13.5. The molecule has 2 atom stereocenters. The predicted octanol–water partition coefficient (Wildman–Crippen LogP) is -0.395. The maximum absolute atomic E-state index is 12.2. The lowest BCUT2D eigenvalue weighted by Crippen LogP contribution is -2.44. The molecule has 18 heavy (non-hydrogen) atoms. The second-order valence-electron chi connectivity index (χ2n) is 4.45. The molecule has 1 fully saturated rings. The number of aliphatic hydroxyl groups is 1. The molecule has 1 aliphatic rings. The molecule has 102 valence electrons. The van der Waals surface area contributed by atoms with Crippen molar-refractivity contribution in [3.8, 4) is 0 Å². The average molecular weight is 275 g/mol. The summed E-state index contributed by atoms with van der Waals surface area (Å²) in [4.78, 5) is 0. The topological polar surface area (TPSA) is 104 Å². The number of aliphatic hydroxyl groups excluding tert-OH is 1. The molecule has 3 N–H and O–H groups in total. The van der Waals surface area contributed by atoms with Crippen LogP contribution in [0.15, 0.2) is 11.2 Å². The maximum atomic E-state index is 12.2. The number of rotatable bonds is 4. The van der Waals surface area contributed by atoms with Crippen molar-refractivity contribution < 1.29 is 18.3 Å². The van der Waals surface area contributed by atoms with Gasteiger partial charge in [0.2, 0.25) is 0 Å². The van der Waals surface area contributed by atoms with Crippen molar-refractivity contribution in [1.82, 2.24) is 14.9 Å². The summed E-state index contributed by atoms with van der Waals surface area (Å²) in [6.07, 6.45) is 1.95. The van der Waals surface area contributed by atoms with Gasteiger partial charge in [0.25, 0.3) is 10.0 Å². The Balaban J connectivity index is 2.16. The minimum Gasteiger partial charge on any atom is -0.392 e. The fraction of sp³-hybridized carbons (Fsp3) is 0.700. The van der Waals surface area contributed by atoms with Crippen molar-refractivity contribution in [2.45, 2.75) is 31.0 Å². The Morgan fingerprint density at radius 3 is 3.11 bits per heavy atom. The van der Waals surface area contributed by atoms with Gasteiger partial charge in [0, 0.05) is 18.2 Å². The number of hydrogen-bond donors (Lipinski definition) is 3. The van der Waals surface area contributed by atoms with Gasteiger partial charge >= 0.3 is 0 Å². The van der Waals surface area contributed by atoms with Crippen LogP contribution in [-0.4, -0.2) is 43.0 Å². The van der Waals surface area contributed by atoms with E-state index in [1.807, 2.05) is 6.92 Å². The molecule has 2 rings (SSSR count). The molecule has 7 nitrogen and oxygen atoms in total. The normalized spacial score (nSPS) is 25.2. The van der Waals surface area contributed by atoms with E-state index in [1.54, 1.807) is 0 Å². The summed E-state index contributed by atoms with van der Waals surface area (Å²) in [6.45, 7) is 2.67. The fourth-order valence-corrected chi connectivity index (χ4v) is 3.46. The summed E-state index contributed by atoms with van der Waals surface area (Å²) in [7, 11) is -3.68. The highest BCUT2D eigenvalue weighted by atomic mass is 32.2. The van der Waals surface area contributed by atoms with Crippen molar-refractivity contribution in [3.05, 3.63) is 11.8 Å². The van der Waals surface area contributed by atoms with Crippen LogP contribution in [0.2, 0.25) is 0 Å². The second-order valence-corrected chi connectivity index (χ2v) is 6.10. The lowest BCUT2D eigenvalue weighted by Gasteiger charge is -2.29. The lowest BCUT2D eigenvalue weighted by atomic mass is 9.99. The quantitative estimate of drug-likeness (QED) is 0.694. The molecule has 1 aliphatic heterocycles. The van der Waals surface area contributed by atoms with Crippen molar-refractivity contribution in [2.75, 3.05) is 13.2 Å². The Bertz CT molecular complexity index is 499. The first-order valence-electron chi connectivity index (χ1n) is 5.78. The molecule has 0 radical (unpaired) electrons. The molecule has 0 bridgehead atoms. The van der Waals surface area contributed by atoms with Gasteiger partial charge in [-0.15, -0.1) is 0 Å². The standard InChI is InChI=1S/C10H17N3O4S/c1-7-6-17-3-2-9(7)13-18(15,16)10-8(5-14)4-11-12-10/h4,7,9,13-14H,2-3,5-6H2,1H3,(H,11,12). The van der Waals surface area contributed by atoms with Gasteiger partial charge < -0.3 is 9.84 Å². The van der Waals surface area contributed by atoms with E-state index >= 15 is 0 Å². The molecular weight excluding hydrogens is 258 g/mol. The fourth-order valence-electron chi connectivity index (χ4n) is 1.96. The minimum absolute atomic E-state index is 0.0660. The molecule has 0 aromatic carbocycles. The summed E-state index contributed by atoms with van der Waals surface area (Å²) in [5.74, 6) is 0.119. The molecule has 1 saturated heterocycles. The van der Waals surface area contributed by atoms with Crippen LogP contribution >= 0.6 is 0 Å². The van der Waals surface area contributed by atoms with Gasteiger partial charge in [0.15, 0.2) is 5.03 Å². The van der Waals surface area contributed by atoms with Crippen LogP contribution in [0.4, 0.5) is 0 Å². The highest BCUT2D eigenvalue weighted by molar-refractivity contribution is 7.89. The number of H-pyrrole nitrogens is 1. The molecule has 2 unspecified atom stereocenters. The SMILES string of the molecule is CC1COCCC1NS(=O)(=O)c1[nH]ncc1CO. The van der Waals surface area contributed by atoms with Crippen LogP contribution in [0, 0.1) is 5.92 Å². The number of hydrogen-bond acceptors (Lipinski definition) is 5. The second kappa shape index (κ2) is 5.35.